The number of piperazine rings is 1. The van der Waals surface area contributed by atoms with Gasteiger partial charge in [0.15, 0.2) is 0 Å². The third-order valence-electron chi connectivity index (χ3n) is 4.57. The van der Waals surface area contributed by atoms with Crippen LogP contribution in [0.4, 0.5) is 10.5 Å². The van der Waals surface area contributed by atoms with Crippen LogP contribution < -0.4 is 15.5 Å². The lowest BCUT2D eigenvalue weighted by Crippen LogP contribution is -2.52. The van der Waals surface area contributed by atoms with Crippen molar-refractivity contribution in [2.45, 2.75) is 31.8 Å². The molecule has 0 spiro atoms. The third kappa shape index (κ3) is 4.28. The van der Waals surface area contributed by atoms with Gasteiger partial charge in [-0.1, -0.05) is 11.6 Å². The molecule has 1 aromatic rings. The van der Waals surface area contributed by atoms with Crippen LogP contribution >= 0.6 is 24.0 Å². The number of amides is 4. The van der Waals surface area contributed by atoms with E-state index in [0.717, 1.165) is 18.0 Å². The molecule has 2 fully saturated rings. The molecule has 3 rings (SSSR count). The molecule has 142 valence electrons. The van der Waals surface area contributed by atoms with Crippen LogP contribution in [0.2, 0.25) is 5.02 Å². The zero-order valence-corrected chi connectivity index (χ0v) is 16.0. The van der Waals surface area contributed by atoms with Gasteiger partial charge in [-0.3, -0.25) is 9.59 Å². The number of nitrogens with zero attached hydrogens (tertiary/aromatic N) is 2. The van der Waals surface area contributed by atoms with E-state index in [1.807, 2.05) is 11.8 Å². The summed E-state index contributed by atoms with van der Waals surface area (Å²) < 4.78 is 0. The zero-order valence-electron chi connectivity index (χ0n) is 14.4. The molecule has 1 aromatic carbocycles. The summed E-state index contributed by atoms with van der Waals surface area (Å²) in [6.45, 7) is 4.21. The molecule has 0 bridgehead atoms. The van der Waals surface area contributed by atoms with Crippen molar-refractivity contribution in [2.24, 2.45) is 0 Å². The number of halogens is 2. The molecule has 2 aliphatic heterocycles. The van der Waals surface area contributed by atoms with E-state index in [0.29, 0.717) is 23.7 Å². The Balaban J connectivity index is 0.00000243. The standard InChI is InChI=1S/C17H21ClN4O3.ClH/c1-11-10-19-8-9-21(11)15(23)7-6-14-16(24)22(17(25)20-14)13-4-2-12(18)3-5-13;/h2-5,11,14,19H,6-10H2,1H3,(H,20,25);1H. The van der Waals surface area contributed by atoms with Crippen molar-refractivity contribution in [1.29, 1.82) is 0 Å². The lowest BCUT2D eigenvalue weighted by molar-refractivity contribution is -0.134. The average Bonchev–Trinajstić information content (AvgIpc) is 2.88. The molecule has 9 heteroatoms. The Kier molecular flexibility index (Phi) is 6.86. The van der Waals surface area contributed by atoms with Crippen LogP contribution in [0.3, 0.4) is 0 Å². The van der Waals surface area contributed by atoms with Gasteiger partial charge in [-0.25, -0.2) is 9.69 Å². The van der Waals surface area contributed by atoms with Crippen LogP contribution in [0.1, 0.15) is 19.8 Å². The molecular weight excluding hydrogens is 379 g/mol. The number of rotatable bonds is 4. The number of anilines is 1. The van der Waals surface area contributed by atoms with Gasteiger partial charge in [-0.15, -0.1) is 12.4 Å². The maximum Gasteiger partial charge on any atom is 0.329 e. The van der Waals surface area contributed by atoms with Gasteiger partial charge in [0.2, 0.25) is 5.91 Å². The van der Waals surface area contributed by atoms with Gasteiger partial charge in [-0.05, 0) is 37.6 Å². The number of urea groups is 1. The summed E-state index contributed by atoms with van der Waals surface area (Å²) in [5.41, 5.74) is 0.469. The molecular formula is C17H22Cl2N4O3. The summed E-state index contributed by atoms with van der Waals surface area (Å²) in [5.74, 6) is -0.325. The molecule has 2 aliphatic rings. The molecule has 26 heavy (non-hydrogen) atoms. The number of benzene rings is 1. The van der Waals surface area contributed by atoms with E-state index in [9.17, 15) is 14.4 Å². The van der Waals surface area contributed by atoms with Crippen LogP contribution in [0, 0.1) is 0 Å². The Morgan fingerprint density at radius 2 is 1.96 bits per heavy atom. The van der Waals surface area contributed by atoms with Crippen LogP contribution in [0.25, 0.3) is 0 Å². The van der Waals surface area contributed by atoms with E-state index in [1.165, 1.54) is 0 Å². The van der Waals surface area contributed by atoms with Crippen molar-refractivity contribution in [1.82, 2.24) is 15.5 Å². The lowest BCUT2D eigenvalue weighted by Gasteiger charge is -2.34. The van der Waals surface area contributed by atoms with E-state index < -0.39 is 12.1 Å². The first-order valence-electron chi connectivity index (χ1n) is 8.37. The number of nitrogens with one attached hydrogen (secondary N) is 2. The van der Waals surface area contributed by atoms with Gasteiger partial charge in [0.25, 0.3) is 5.91 Å². The van der Waals surface area contributed by atoms with Crippen molar-refractivity contribution in [3.8, 4) is 0 Å². The fourth-order valence-corrected chi connectivity index (χ4v) is 3.31. The highest BCUT2D eigenvalue weighted by Crippen LogP contribution is 2.23. The van der Waals surface area contributed by atoms with E-state index in [2.05, 4.69) is 10.6 Å². The number of hydrogen-bond donors (Lipinski definition) is 2. The molecule has 2 heterocycles. The van der Waals surface area contributed by atoms with E-state index in [-0.39, 0.29) is 36.7 Å². The first kappa shape index (κ1) is 20.5. The molecule has 0 aromatic heterocycles. The first-order valence-corrected chi connectivity index (χ1v) is 8.75. The topological polar surface area (TPSA) is 81.8 Å². The van der Waals surface area contributed by atoms with Gasteiger partial charge in [0.05, 0.1) is 5.69 Å². The summed E-state index contributed by atoms with van der Waals surface area (Å²) in [7, 11) is 0. The SMILES string of the molecule is CC1CNCCN1C(=O)CCC1NC(=O)N(c2ccc(Cl)cc2)C1=O.Cl. The summed E-state index contributed by atoms with van der Waals surface area (Å²) in [4.78, 5) is 40.0. The van der Waals surface area contributed by atoms with Gasteiger partial charge < -0.3 is 15.5 Å². The second-order valence-corrected chi connectivity index (χ2v) is 6.77. The largest absolute Gasteiger partial charge is 0.337 e. The molecule has 0 aliphatic carbocycles. The van der Waals surface area contributed by atoms with Crippen LogP contribution in [0.5, 0.6) is 0 Å². The average molecular weight is 401 g/mol. The molecule has 2 N–H and O–H groups in total. The fourth-order valence-electron chi connectivity index (χ4n) is 3.18. The number of imide groups is 1. The van der Waals surface area contributed by atoms with Gasteiger partial charge in [0, 0.05) is 37.1 Å². The van der Waals surface area contributed by atoms with Crippen molar-refractivity contribution < 1.29 is 14.4 Å². The molecule has 0 saturated carbocycles. The zero-order chi connectivity index (χ0) is 18.0. The van der Waals surface area contributed by atoms with Crippen LogP contribution in [0.15, 0.2) is 24.3 Å². The summed E-state index contributed by atoms with van der Waals surface area (Å²) in [5, 5.41) is 6.42. The monoisotopic (exact) mass is 400 g/mol. The Bertz CT molecular complexity index is 683. The van der Waals surface area contributed by atoms with Crippen LogP contribution in [-0.2, 0) is 9.59 Å². The highest BCUT2D eigenvalue weighted by Gasteiger charge is 2.39. The van der Waals surface area contributed by atoms with E-state index in [1.54, 1.807) is 24.3 Å². The minimum atomic E-state index is -0.676. The first-order chi connectivity index (χ1) is 12.0. The molecule has 0 radical (unpaired) electrons. The second kappa shape index (κ2) is 8.70. The van der Waals surface area contributed by atoms with Gasteiger partial charge >= 0.3 is 6.03 Å². The Hall–Kier alpha value is -1.83. The molecule has 4 amide bonds. The minimum absolute atomic E-state index is 0. The highest BCUT2D eigenvalue weighted by molar-refractivity contribution is 6.30. The van der Waals surface area contributed by atoms with Crippen molar-refractivity contribution in [2.75, 3.05) is 24.5 Å². The molecule has 7 nitrogen and oxygen atoms in total. The van der Waals surface area contributed by atoms with Gasteiger partial charge in [0.1, 0.15) is 6.04 Å². The fraction of sp³-hybridized carbons (Fsp3) is 0.471. The highest BCUT2D eigenvalue weighted by atomic mass is 35.5. The van der Waals surface area contributed by atoms with Crippen molar-refractivity contribution in [3.05, 3.63) is 29.3 Å². The Labute approximate surface area is 163 Å². The predicted molar refractivity (Wildman–Crippen MR) is 102 cm³/mol. The maximum atomic E-state index is 12.5. The maximum absolute atomic E-state index is 12.5. The third-order valence-corrected chi connectivity index (χ3v) is 4.82. The van der Waals surface area contributed by atoms with Crippen molar-refractivity contribution >= 4 is 47.5 Å². The minimum Gasteiger partial charge on any atom is -0.337 e. The quantitative estimate of drug-likeness (QED) is 0.754. The van der Waals surface area contributed by atoms with Gasteiger partial charge in [-0.2, -0.15) is 0 Å². The predicted octanol–water partition coefficient (Wildman–Crippen LogP) is 1.79. The number of hydrogen-bond acceptors (Lipinski definition) is 4. The van der Waals surface area contributed by atoms with Crippen molar-refractivity contribution in [3.63, 3.8) is 0 Å². The number of carbonyl (C=O) groups is 3. The van der Waals surface area contributed by atoms with E-state index in [4.69, 9.17) is 11.6 Å². The smallest absolute Gasteiger partial charge is 0.329 e. The molecule has 2 atom stereocenters. The number of carbonyl (C=O) groups excluding carboxylic acids is 3. The molecule has 2 unspecified atom stereocenters. The Morgan fingerprint density at radius 3 is 2.62 bits per heavy atom. The summed E-state index contributed by atoms with van der Waals surface area (Å²) in [6.07, 6.45) is 0.527. The van der Waals surface area contributed by atoms with E-state index >= 15 is 0 Å². The summed E-state index contributed by atoms with van der Waals surface area (Å²) in [6, 6.07) is 5.48. The van der Waals surface area contributed by atoms with Crippen LogP contribution in [-0.4, -0.2) is 54.5 Å². The normalized spacial score (nSPS) is 22.8. The lowest BCUT2D eigenvalue weighted by atomic mass is 10.1. The molecule has 2 saturated heterocycles. The second-order valence-electron chi connectivity index (χ2n) is 6.33. The summed E-state index contributed by atoms with van der Waals surface area (Å²) >= 11 is 5.84. The Morgan fingerprint density at radius 1 is 1.27 bits per heavy atom.